The topological polar surface area (TPSA) is 64.6 Å². The molecule has 25 heavy (non-hydrogen) atoms. The highest BCUT2D eigenvalue weighted by Crippen LogP contribution is 2.44. The van der Waals surface area contributed by atoms with Crippen LogP contribution < -0.4 is 5.32 Å². The molecule has 1 amide bonds. The van der Waals surface area contributed by atoms with Crippen molar-refractivity contribution in [2.75, 3.05) is 11.9 Å². The maximum absolute atomic E-state index is 12.6. The van der Waals surface area contributed by atoms with Crippen molar-refractivity contribution in [1.82, 2.24) is 0 Å². The van der Waals surface area contributed by atoms with Gasteiger partial charge >= 0.3 is 5.97 Å². The molecule has 8 heteroatoms. The van der Waals surface area contributed by atoms with Gasteiger partial charge in [-0.25, -0.2) is 4.79 Å². The highest BCUT2D eigenvalue weighted by molar-refractivity contribution is 7.17. The van der Waals surface area contributed by atoms with Gasteiger partial charge in [-0.1, -0.05) is 29.3 Å². The van der Waals surface area contributed by atoms with Crippen LogP contribution in [0.3, 0.4) is 0 Å². The molecular formula is C17H15Cl2NO4S. The van der Waals surface area contributed by atoms with Gasteiger partial charge in [0.1, 0.15) is 10.6 Å². The number of halogens is 2. The molecule has 5 nitrogen and oxygen atoms in total. The fourth-order valence-corrected chi connectivity index (χ4v) is 4.45. The quantitative estimate of drug-likeness (QED) is 0.728. The molecule has 1 aliphatic heterocycles. The van der Waals surface area contributed by atoms with Crippen molar-refractivity contribution in [1.29, 1.82) is 0 Å². The molecule has 0 radical (unpaired) electrons. The zero-order valence-electron chi connectivity index (χ0n) is 13.5. The number of nitrogens with one attached hydrogen (secondary N) is 1. The van der Waals surface area contributed by atoms with Gasteiger partial charge in [0, 0.05) is 10.4 Å². The summed E-state index contributed by atoms with van der Waals surface area (Å²) >= 11 is 13.5. The summed E-state index contributed by atoms with van der Waals surface area (Å²) < 4.78 is 10.7. The molecule has 1 atom stereocenters. The number of amides is 1. The van der Waals surface area contributed by atoms with Gasteiger partial charge in [-0.2, -0.15) is 0 Å². The summed E-state index contributed by atoms with van der Waals surface area (Å²) in [6.45, 7) is 4.22. The van der Waals surface area contributed by atoms with E-state index in [2.05, 4.69) is 5.32 Å². The fourth-order valence-electron chi connectivity index (χ4n) is 2.69. The number of esters is 1. The van der Waals surface area contributed by atoms with Crippen LogP contribution in [0.4, 0.5) is 5.00 Å². The number of anilines is 1. The van der Waals surface area contributed by atoms with Gasteiger partial charge in [0.25, 0.3) is 5.91 Å². The lowest BCUT2D eigenvalue weighted by Crippen LogP contribution is -2.16. The van der Waals surface area contributed by atoms with Crippen LogP contribution in [0.1, 0.15) is 51.1 Å². The Morgan fingerprint density at radius 1 is 1.32 bits per heavy atom. The van der Waals surface area contributed by atoms with E-state index in [9.17, 15) is 9.59 Å². The third kappa shape index (κ3) is 3.40. The summed E-state index contributed by atoms with van der Waals surface area (Å²) in [7, 11) is 0. The summed E-state index contributed by atoms with van der Waals surface area (Å²) in [5.41, 5.74) is 1.27. The molecule has 0 bridgehead atoms. The third-order valence-corrected chi connectivity index (χ3v) is 5.51. The van der Waals surface area contributed by atoms with E-state index < -0.39 is 11.9 Å². The Morgan fingerprint density at radius 2 is 2.00 bits per heavy atom. The Balaban J connectivity index is 1.99. The number of carbonyl (C=O) groups excluding carboxylic acids is 2. The second-order valence-corrected chi connectivity index (χ2v) is 7.29. The van der Waals surface area contributed by atoms with E-state index >= 15 is 0 Å². The number of ether oxygens (including phenoxy) is 2. The molecule has 0 fully saturated rings. The predicted molar refractivity (Wildman–Crippen MR) is 97.9 cm³/mol. The second-order valence-electron chi connectivity index (χ2n) is 5.37. The molecule has 1 N–H and O–H groups in total. The molecule has 0 saturated carbocycles. The molecule has 0 spiro atoms. The van der Waals surface area contributed by atoms with Crippen molar-refractivity contribution in [2.45, 2.75) is 26.6 Å². The zero-order valence-corrected chi connectivity index (χ0v) is 15.8. The molecule has 132 valence electrons. The molecule has 1 unspecified atom stereocenters. The number of hydrogen-bond donors (Lipinski definition) is 1. The minimum Gasteiger partial charge on any atom is -0.462 e. The number of benzene rings is 1. The fraction of sp³-hybridized carbons (Fsp3) is 0.294. The smallest absolute Gasteiger partial charge is 0.341 e. The highest BCUT2D eigenvalue weighted by atomic mass is 35.5. The van der Waals surface area contributed by atoms with Crippen molar-refractivity contribution in [3.8, 4) is 0 Å². The predicted octanol–water partition coefficient (Wildman–Crippen LogP) is 5.08. The first-order valence-corrected chi connectivity index (χ1v) is 9.20. The van der Waals surface area contributed by atoms with Crippen LogP contribution in [0.5, 0.6) is 0 Å². The molecule has 0 saturated heterocycles. The maximum Gasteiger partial charge on any atom is 0.341 e. The molecule has 2 aromatic rings. The number of fused-ring (bicyclic) bond motifs is 1. The Labute approximate surface area is 158 Å². The van der Waals surface area contributed by atoms with E-state index in [1.165, 1.54) is 11.3 Å². The minimum atomic E-state index is -0.488. The van der Waals surface area contributed by atoms with E-state index in [1.807, 2.05) is 6.92 Å². The lowest BCUT2D eigenvalue weighted by atomic mass is 10.1. The van der Waals surface area contributed by atoms with E-state index in [0.717, 1.165) is 10.4 Å². The lowest BCUT2D eigenvalue weighted by Gasteiger charge is -2.11. The van der Waals surface area contributed by atoms with Crippen LogP contribution >= 0.6 is 34.5 Å². The first kappa shape index (κ1) is 18.2. The Kier molecular flexibility index (Phi) is 5.34. The van der Waals surface area contributed by atoms with Gasteiger partial charge in [0.2, 0.25) is 0 Å². The van der Waals surface area contributed by atoms with Crippen molar-refractivity contribution in [3.05, 3.63) is 49.8 Å². The summed E-state index contributed by atoms with van der Waals surface area (Å²) in [6, 6.07) is 4.82. The maximum atomic E-state index is 12.6. The van der Waals surface area contributed by atoms with Crippen LogP contribution in [-0.4, -0.2) is 18.5 Å². The van der Waals surface area contributed by atoms with E-state index in [1.54, 1.807) is 25.1 Å². The molecule has 0 aliphatic carbocycles. The third-order valence-electron chi connectivity index (χ3n) is 3.79. The molecule has 3 rings (SSSR count). The van der Waals surface area contributed by atoms with Gasteiger partial charge in [0.15, 0.2) is 0 Å². The van der Waals surface area contributed by atoms with Crippen molar-refractivity contribution >= 4 is 51.4 Å². The van der Waals surface area contributed by atoms with Gasteiger partial charge in [0.05, 0.1) is 34.9 Å². The Morgan fingerprint density at radius 3 is 2.64 bits per heavy atom. The van der Waals surface area contributed by atoms with E-state index in [0.29, 0.717) is 17.2 Å². The van der Waals surface area contributed by atoms with Crippen LogP contribution in [0.2, 0.25) is 10.0 Å². The average molecular weight is 400 g/mol. The SMILES string of the molecule is CCOC(=O)c1c(NC(=O)c2c(Cl)cccc2Cl)sc2c1C(C)OC2. The van der Waals surface area contributed by atoms with Crippen LogP contribution in [-0.2, 0) is 16.1 Å². The molecule has 1 aromatic heterocycles. The van der Waals surface area contributed by atoms with Crippen molar-refractivity contribution < 1.29 is 19.1 Å². The average Bonchev–Trinajstić information content (AvgIpc) is 3.07. The van der Waals surface area contributed by atoms with Gasteiger partial charge in [-0.15, -0.1) is 11.3 Å². The Bertz CT molecular complexity index is 829. The number of hydrogen-bond acceptors (Lipinski definition) is 5. The number of carbonyl (C=O) groups is 2. The molecule has 1 aromatic carbocycles. The van der Waals surface area contributed by atoms with Gasteiger partial charge in [-0.3, -0.25) is 4.79 Å². The molecule has 1 aliphatic rings. The van der Waals surface area contributed by atoms with Gasteiger partial charge < -0.3 is 14.8 Å². The largest absolute Gasteiger partial charge is 0.462 e. The zero-order chi connectivity index (χ0) is 18.1. The number of thiophene rings is 1. The summed E-state index contributed by atoms with van der Waals surface area (Å²) in [5, 5.41) is 3.65. The summed E-state index contributed by atoms with van der Waals surface area (Å²) in [5.74, 6) is -0.965. The monoisotopic (exact) mass is 399 g/mol. The lowest BCUT2D eigenvalue weighted by molar-refractivity contribution is 0.0513. The van der Waals surface area contributed by atoms with Crippen molar-refractivity contribution in [3.63, 3.8) is 0 Å². The van der Waals surface area contributed by atoms with Crippen LogP contribution in [0.25, 0.3) is 0 Å². The first-order valence-electron chi connectivity index (χ1n) is 7.63. The Hall–Kier alpha value is -1.60. The van der Waals surface area contributed by atoms with Crippen molar-refractivity contribution in [2.24, 2.45) is 0 Å². The first-order chi connectivity index (χ1) is 11.9. The van der Waals surface area contributed by atoms with E-state index in [-0.39, 0.29) is 28.3 Å². The minimum absolute atomic E-state index is 0.165. The molecule has 2 heterocycles. The normalized spacial score (nSPS) is 15.8. The second kappa shape index (κ2) is 7.33. The summed E-state index contributed by atoms with van der Waals surface area (Å²) in [6.07, 6.45) is -0.236. The highest BCUT2D eigenvalue weighted by Gasteiger charge is 2.33. The summed E-state index contributed by atoms with van der Waals surface area (Å²) in [4.78, 5) is 25.9. The van der Waals surface area contributed by atoms with Crippen LogP contribution in [0.15, 0.2) is 18.2 Å². The number of rotatable bonds is 4. The molecular weight excluding hydrogens is 385 g/mol. The van der Waals surface area contributed by atoms with E-state index in [4.69, 9.17) is 32.7 Å². The standard InChI is InChI=1S/C17H15Cl2NO4S/c1-3-23-17(22)14-12-8(2)24-7-11(12)25-16(14)20-15(21)13-9(18)5-4-6-10(13)19/h4-6,8H,3,7H2,1-2H3,(H,20,21). The van der Waals surface area contributed by atoms with Crippen LogP contribution in [0, 0.1) is 0 Å². The van der Waals surface area contributed by atoms with Gasteiger partial charge in [-0.05, 0) is 26.0 Å².